The summed E-state index contributed by atoms with van der Waals surface area (Å²) in [5, 5.41) is 2.93. The predicted octanol–water partition coefficient (Wildman–Crippen LogP) is 2.25. The first-order chi connectivity index (χ1) is 4.41. The van der Waals surface area contributed by atoms with E-state index in [1.54, 1.807) is 0 Å². The summed E-state index contributed by atoms with van der Waals surface area (Å²) in [7, 11) is 0. The summed E-state index contributed by atoms with van der Waals surface area (Å²) in [6.45, 7) is 0. The first kappa shape index (κ1) is 10.2. The molecule has 0 rings (SSSR count). The predicted molar refractivity (Wildman–Crippen MR) is 52.1 cm³/mol. The Hall–Kier alpha value is 1.22. The molecule has 3 heteroatoms. The van der Waals surface area contributed by atoms with Crippen molar-refractivity contribution in [1.82, 2.24) is 0 Å². The van der Waals surface area contributed by atoms with Crippen molar-refractivity contribution in [1.29, 1.82) is 0 Å². The van der Waals surface area contributed by atoms with E-state index in [1.807, 2.05) is 23.5 Å². The topological polar surface area (TPSA) is 0 Å². The second-order valence-corrected chi connectivity index (χ2v) is 6.14. The number of thioether (sulfide) groups is 2. The third-order valence-electron chi connectivity index (χ3n) is 0.864. The molecule has 0 aliphatic rings. The normalized spacial score (nSPS) is 10.0. The Labute approximate surface area is 73.1 Å². The standard InChI is InChI=1S/C6H14S2Se/c1-7-3-5-9-6-4-8-2/h3-6H2,1-2H3. The van der Waals surface area contributed by atoms with Crippen LogP contribution in [-0.2, 0) is 0 Å². The molecule has 0 atom stereocenters. The van der Waals surface area contributed by atoms with Gasteiger partial charge < -0.3 is 0 Å². The van der Waals surface area contributed by atoms with E-state index >= 15 is 0 Å². The second kappa shape index (κ2) is 9.22. The summed E-state index contributed by atoms with van der Waals surface area (Å²) in [6, 6.07) is 0. The molecule has 0 aliphatic carbocycles. The van der Waals surface area contributed by atoms with Crippen molar-refractivity contribution < 1.29 is 0 Å². The van der Waals surface area contributed by atoms with Crippen LogP contribution in [0.4, 0.5) is 0 Å². The van der Waals surface area contributed by atoms with Crippen molar-refractivity contribution in [3.63, 3.8) is 0 Å². The minimum atomic E-state index is 0.937. The fourth-order valence-corrected chi connectivity index (χ4v) is 4.97. The Morgan fingerprint density at radius 1 is 1.00 bits per heavy atom. The molecule has 0 amide bonds. The van der Waals surface area contributed by atoms with Crippen molar-refractivity contribution in [2.75, 3.05) is 24.0 Å². The van der Waals surface area contributed by atoms with E-state index in [-0.39, 0.29) is 0 Å². The summed E-state index contributed by atoms with van der Waals surface area (Å²) in [5.41, 5.74) is 0. The van der Waals surface area contributed by atoms with Crippen LogP contribution in [0.15, 0.2) is 0 Å². The van der Waals surface area contributed by atoms with Crippen LogP contribution in [0.25, 0.3) is 0 Å². The fraction of sp³-hybridized carbons (Fsp3) is 1.00. The summed E-state index contributed by atoms with van der Waals surface area (Å²) in [5.74, 6) is 2.74. The zero-order valence-electron chi connectivity index (χ0n) is 6.05. The summed E-state index contributed by atoms with van der Waals surface area (Å²) < 4.78 is 0. The van der Waals surface area contributed by atoms with E-state index in [0.717, 1.165) is 15.0 Å². The second-order valence-electron chi connectivity index (χ2n) is 1.60. The van der Waals surface area contributed by atoms with Gasteiger partial charge in [-0.1, -0.05) is 0 Å². The first-order valence-electron chi connectivity index (χ1n) is 2.97. The van der Waals surface area contributed by atoms with Gasteiger partial charge in [0.05, 0.1) is 0 Å². The summed E-state index contributed by atoms with van der Waals surface area (Å²) in [6.07, 6.45) is 4.37. The Kier molecular flexibility index (Phi) is 10.5. The van der Waals surface area contributed by atoms with Crippen molar-refractivity contribution in [3.05, 3.63) is 0 Å². The van der Waals surface area contributed by atoms with Crippen molar-refractivity contribution >= 4 is 38.5 Å². The zero-order chi connectivity index (χ0) is 6.95. The van der Waals surface area contributed by atoms with Crippen molar-refractivity contribution in [2.24, 2.45) is 0 Å². The van der Waals surface area contributed by atoms with E-state index in [2.05, 4.69) is 12.5 Å². The maximum absolute atomic E-state index is 2.19. The molecule has 0 spiro atoms. The average Bonchev–Trinajstić information content (AvgIpc) is 1.89. The van der Waals surface area contributed by atoms with Crippen molar-refractivity contribution in [2.45, 2.75) is 10.6 Å². The molecule has 9 heavy (non-hydrogen) atoms. The molecule has 0 saturated carbocycles. The molecule has 0 nitrogen and oxygen atoms in total. The molecule has 56 valence electrons. The minimum absolute atomic E-state index is 0.937. The monoisotopic (exact) mass is 230 g/mol. The van der Waals surface area contributed by atoms with E-state index in [0.29, 0.717) is 0 Å². The molecule has 0 aromatic heterocycles. The molecule has 0 aromatic carbocycles. The van der Waals surface area contributed by atoms with Gasteiger partial charge in [-0.25, -0.2) is 0 Å². The van der Waals surface area contributed by atoms with E-state index in [1.165, 1.54) is 22.1 Å². The SMILES string of the molecule is CSCC[Se]CCSC. The van der Waals surface area contributed by atoms with Gasteiger partial charge in [0.1, 0.15) is 0 Å². The third-order valence-corrected chi connectivity index (χ3v) is 5.32. The van der Waals surface area contributed by atoms with Crippen LogP contribution in [0.3, 0.4) is 0 Å². The van der Waals surface area contributed by atoms with Gasteiger partial charge in [0.15, 0.2) is 0 Å². The van der Waals surface area contributed by atoms with Crippen LogP contribution in [0.2, 0.25) is 10.6 Å². The Balaban J connectivity index is 2.60. The first-order valence-corrected chi connectivity index (χ1v) is 8.18. The number of hydrogen-bond acceptors (Lipinski definition) is 2. The average molecular weight is 229 g/mol. The summed E-state index contributed by atoms with van der Waals surface area (Å²) >= 11 is 4.87. The van der Waals surface area contributed by atoms with Gasteiger partial charge in [-0.15, -0.1) is 0 Å². The van der Waals surface area contributed by atoms with Crippen LogP contribution in [0, 0.1) is 0 Å². The summed E-state index contributed by atoms with van der Waals surface area (Å²) in [4.78, 5) is 0. The molecule has 0 N–H and O–H groups in total. The van der Waals surface area contributed by atoms with Crippen LogP contribution in [0.5, 0.6) is 0 Å². The van der Waals surface area contributed by atoms with Gasteiger partial charge in [-0.2, -0.15) is 0 Å². The molecule has 0 aromatic rings. The van der Waals surface area contributed by atoms with E-state index in [4.69, 9.17) is 0 Å². The van der Waals surface area contributed by atoms with Crippen LogP contribution in [-0.4, -0.2) is 39.0 Å². The molecule has 0 unspecified atom stereocenters. The van der Waals surface area contributed by atoms with Gasteiger partial charge in [-0.3, -0.25) is 0 Å². The maximum atomic E-state index is 2.19. The van der Waals surface area contributed by atoms with Gasteiger partial charge in [0.25, 0.3) is 0 Å². The molecule has 0 aliphatic heterocycles. The fourth-order valence-electron chi connectivity index (χ4n) is 0.387. The van der Waals surface area contributed by atoms with Gasteiger partial charge >= 0.3 is 73.1 Å². The van der Waals surface area contributed by atoms with E-state index in [9.17, 15) is 0 Å². The van der Waals surface area contributed by atoms with Gasteiger partial charge in [-0.05, 0) is 0 Å². The molecule has 0 fully saturated rings. The third kappa shape index (κ3) is 9.22. The quantitative estimate of drug-likeness (QED) is 0.506. The number of rotatable bonds is 6. The number of hydrogen-bond donors (Lipinski definition) is 0. The molecular weight excluding hydrogens is 215 g/mol. The Morgan fingerprint density at radius 2 is 1.44 bits per heavy atom. The van der Waals surface area contributed by atoms with Gasteiger partial charge in [0, 0.05) is 0 Å². The van der Waals surface area contributed by atoms with Crippen molar-refractivity contribution in [3.8, 4) is 0 Å². The zero-order valence-corrected chi connectivity index (χ0v) is 9.40. The van der Waals surface area contributed by atoms with Crippen LogP contribution >= 0.6 is 23.5 Å². The van der Waals surface area contributed by atoms with Crippen LogP contribution < -0.4 is 0 Å². The molecule has 0 bridgehead atoms. The van der Waals surface area contributed by atoms with Gasteiger partial charge in [0.2, 0.25) is 0 Å². The molecule has 0 radical (unpaired) electrons. The molecular formula is C6H14S2Se. The molecule has 0 heterocycles. The Morgan fingerprint density at radius 3 is 1.78 bits per heavy atom. The Bertz CT molecular complexity index is 44.3. The molecule has 0 saturated heterocycles. The van der Waals surface area contributed by atoms with Crippen LogP contribution in [0.1, 0.15) is 0 Å². The van der Waals surface area contributed by atoms with E-state index < -0.39 is 0 Å².